The van der Waals surface area contributed by atoms with Gasteiger partial charge in [0, 0.05) is 30.9 Å². The molecular weight excluding hydrogens is 215 g/mol. The molecule has 0 radical (unpaired) electrons. The molecule has 3 heteroatoms. The quantitative estimate of drug-likeness (QED) is 0.819. The van der Waals surface area contributed by atoms with E-state index >= 15 is 0 Å². The van der Waals surface area contributed by atoms with E-state index in [1.54, 1.807) is 12.1 Å². The Morgan fingerprint density at radius 3 is 2.53 bits per heavy atom. The summed E-state index contributed by atoms with van der Waals surface area (Å²) in [4.78, 5) is 2.21. The fourth-order valence-corrected chi connectivity index (χ4v) is 1.92. The topological polar surface area (TPSA) is 15.3 Å². The highest BCUT2D eigenvalue weighted by molar-refractivity contribution is 5.47. The molecule has 17 heavy (non-hydrogen) atoms. The summed E-state index contributed by atoms with van der Waals surface area (Å²) in [6.07, 6.45) is 0. The highest BCUT2D eigenvalue weighted by Gasteiger charge is 2.13. The minimum atomic E-state index is -0.176. The van der Waals surface area contributed by atoms with Gasteiger partial charge in [0.2, 0.25) is 0 Å². The number of likely N-dealkylation sites (N-methyl/N-ethyl adjacent to an activating group) is 1. The number of nitrogens with one attached hydrogen (secondary N) is 1. The Kier molecular flexibility index (Phi) is 5.42. The van der Waals surface area contributed by atoms with Gasteiger partial charge in [0.1, 0.15) is 5.82 Å². The molecule has 1 unspecified atom stereocenters. The summed E-state index contributed by atoms with van der Waals surface area (Å²) >= 11 is 0. The fourth-order valence-electron chi connectivity index (χ4n) is 1.92. The molecule has 0 amide bonds. The first-order valence-electron chi connectivity index (χ1n) is 6.30. The Morgan fingerprint density at radius 2 is 2.00 bits per heavy atom. The van der Waals surface area contributed by atoms with Gasteiger partial charge in [0.05, 0.1) is 0 Å². The second kappa shape index (κ2) is 6.60. The molecule has 0 saturated carbocycles. The summed E-state index contributed by atoms with van der Waals surface area (Å²) in [5.74, 6) is -0.176. The van der Waals surface area contributed by atoms with Crippen LogP contribution in [-0.4, -0.2) is 25.2 Å². The summed E-state index contributed by atoms with van der Waals surface area (Å²) in [6.45, 7) is 10.3. The van der Waals surface area contributed by atoms with Crippen LogP contribution in [0, 0.1) is 5.82 Å². The molecule has 1 aromatic carbocycles. The van der Waals surface area contributed by atoms with E-state index in [4.69, 9.17) is 0 Å². The largest absolute Gasteiger partial charge is 0.368 e. The lowest BCUT2D eigenvalue weighted by atomic mass is 10.2. The van der Waals surface area contributed by atoms with Crippen molar-refractivity contribution >= 4 is 5.69 Å². The number of nitrogens with zero attached hydrogens (tertiary/aromatic N) is 1. The molecule has 1 rings (SSSR count). The first kappa shape index (κ1) is 14.0. The van der Waals surface area contributed by atoms with Gasteiger partial charge in [-0.1, -0.05) is 19.9 Å². The minimum Gasteiger partial charge on any atom is -0.368 e. The summed E-state index contributed by atoms with van der Waals surface area (Å²) in [5, 5.41) is 3.41. The van der Waals surface area contributed by atoms with E-state index in [2.05, 4.69) is 37.9 Å². The van der Waals surface area contributed by atoms with Crippen molar-refractivity contribution in [3.05, 3.63) is 30.1 Å². The number of hydrogen-bond donors (Lipinski definition) is 1. The zero-order valence-corrected chi connectivity index (χ0v) is 11.2. The van der Waals surface area contributed by atoms with Crippen LogP contribution in [0.5, 0.6) is 0 Å². The van der Waals surface area contributed by atoms with Gasteiger partial charge in [-0.2, -0.15) is 0 Å². The van der Waals surface area contributed by atoms with Gasteiger partial charge in [-0.05, 0) is 32.0 Å². The summed E-state index contributed by atoms with van der Waals surface area (Å²) in [6, 6.07) is 7.62. The zero-order chi connectivity index (χ0) is 12.8. The van der Waals surface area contributed by atoms with Gasteiger partial charge in [-0.15, -0.1) is 0 Å². The lowest BCUT2D eigenvalue weighted by molar-refractivity contribution is 0.521. The maximum Gasteiger partial charge on any atom is 0.125 e. The maximum absolute atomic E-state index is 13.2. The normalized spacial score (nSPS) is 12.8. The van der Waals surface area contributed by atoms with E-state index < -0.39 is 0 Å². The van der Waals surface area contributed by atoms with Crippen LogP contribution in [0.3, 0.4) is 0 Å². The van der Waals surface area contributed by atoms with E-state index in [1.165, 1.54) is 6.07 Å². The van der Waals surface area contributed by atoms with Gasteiger partial charge < -0.3 is 10.2 Å². The minimum absolute atomic E-state index is 0.176. The number of halogens is 1. The van der Waals surface area contributed by atoms with Crippen molar-refractivity contribution in [3.63, 3.8) is 0 Å². The van der Waals surface area contributed by atoms with Crippen LogP contribution in [0.4, 0.5) is 10.1 Å². The summed E-state index contributed by atoms with van der Waals surface area (Å²) in [7, 11) is 0. The van der Waals surface area contributed by atoms with Crippen molar-refractivity contribution in [1.82, 2.24) is 5.32 Å². The van der Waals surface area contributed by atoms with Gasteiger partial charge in [0.15, 0.2) is 0 Å². The Labute approximate surface area is 104 Å². The SMILES string of the molecule is CCN(c1cccc(F)c1)C(C)CNC(C)C. The van der Waals surface area contributed by atoms with Crippen LogP contribution in [0.1, 0.15) is 27.7 Å². The van der Waals surface area contributed by atoms with Gasteiger partial charge in [0.25, 0.3) is 0 Å². The second-order valence-corrected chi connectivity index (χ2v) is 4.68. The molecule has 0 heterocycles. The highest BCUT2D eigenvalue weighted by Crippen LogP contribution is 2.17. The van der Waals surface area contributed by atoms with Gasteiger partial charge in [-0.3, -0.25) is 0 Å². The average molecular weight is 238 g/mol. The van der Waals surface area contributed by atoms with Gasteiger partial charge in [-0.25, -0.2) is 4.39 Å². The molecule has 1 atom stereocenters. The standard InChI is InChI=1S/C14H23FN2/c1-5-17(12(4)10-16-11(2)3)14-8-6-7-13(15)9-14/h6-9,11-12,16H,5,10H2,1-4H3. The first-order valence-corrected chi connectivity index (χ1v) is 6.30. The predicted molar refractivity (Wildman–Crippen MR) is 72.0 cm³/mol. The third kappa shape index (κ3) is 4.35. The first-order chi connectivity index (χ1) is 8.04. The van der Waals surface area contributed by atoms with E-state index in [0.29, 0.717) is 12.1 Å². The Morgan fingerprint density at radius 1 is 1.29 bits per heavy atom. The van der Waals surface area contributed by atoms with Crippen molar-refractivity contribution < 1.29 is 4.39 Å². The highest BCUT2D eigenvalue weighted by atomic mass is 19.1. The van der Waals surface area contributed by atoms with Crippen molar-refractivity contribution in [1.29, 1.82) is 0 Å². The summed E-state index contributed by atoms with van der Waals surface area (Å²) < 4.78 is 13.2. The van der Waals surface area contributed by atoms with Crippen LogP contribution in [0.15, 0.2) is 24.3 Å². The molecule has 1 aromatic rings. The van der Waals surface area contributed by atoms with Crippen LogP contribution in [0.2, 0.25) is 0 Å². The molecule has 0 bridgehead atoms. The van der Waals surface area contributed by atoms with Crippen molar-refractivity contribution in [2.45, 2.75) is 39.8 Å². The van der Waals surface area contributed by atoms with Crippen molar-refractivity contribution in [3.8, 4) is 0 Å². The van der Waals surface area contributed by atoms with Gasteiger partial charge >= 0.3 is 0 Å². The van der Waals surface area contributed by atoms with Crippen molar-refractivity contribution in [2.75, 3.05) is 18.0 Å². The third-order valence-corrected chi connectivity index (χ3v) is 2.83. The molecule has 0 aliphatic carbocycles. The number of benzene rings is 1. The number of anilines is 1. The van der Waals surface area contributed by atoms with Crippen molar-refractivity contribution in [2.24, 2.45) is 0 Å². The lowest BCUT2D eigenvalue weighted by Crippen LogP contribution is -2.42. The molecule has 96 valence electrons. The van der Waals surface area contributed by atoms with E-state index in [1.807, 2.05) is 6.07 Å². The van der Waals surface area contributed by atoms with Crippen LogP contribution >= 0.6 is 0 Å². The molecule has 2 nitrogen and oxygen atoms in total. The predicted octanol–water partition coefficient (Wildman–Crippen LogP) is 3.04. The number of hydrogen-bond acceptors (Lipinski definition) is 2. The molecule has 1 N–H and O–H groups in total. The molecule has 0 fully saturated rings. The molecular formula is C14H23FN2. The monoisotopic (exact) mass is 238 g/mol. The van der Waals surface area contributed by atoms with Crippen LogP contribution < -0.4 is 10.2 Å². The molecule has 0 aliphatic heterocycles. The number of rotatable bonds is 6. The van der Waals surface area contributed by atoms with E-state index in [-0.39, 0.29) is 5.82 Å². The zero-order valence-electron chi connectivity index (χ0n) is 11.2. The van der Waals surface area contributed by atoms with E-state index in [9.17, 15) is 4.39 Å². The molecule has 0 spiro atoms. The molecule has 0 aromatic heterocycles. The smallest absolute Gasteiger partial charge is 0.125 e. The molecule has 0 aliphatic rings. The van der Waals surface area contributed by atoms with Crippen LogP contribution in [0.25, 0.3) is 0 Å². The summed E-state index contributed by atoms with van der Waals surface area (Å²) in [5.41, 5.74) is 0.950. The second-order valence-electron chi connectivity index (χ2n) is 4.68. The van der Waals surface area contributed by atoms with Crippen LogP contribution in [-0.2, 0) is 0 Å². The Balaban J connectivity index is 2.70. The third-order valence-electron chi connectivity index (χ3n) is 2.83. The Bertz CT molecular complexity index is 339. The fraction of sp³-hybridized carbons (Fsp3) is 0.571. The van der Waals surface area contributed by atoms with E-state index in [0.717, 1.165) is 18.8 Å². The Hall–Kier alpha value is -1.09. The molecule has 0 saturated heterocycles. The maximum atomic E-state index is 13.2. The average Bonchev–Trinajstić information content (AvgIpc) is 2.27. The lowest BCUT2D eigenvalue weighted by Gasteiger charge is -2.31.